The molecule has 0 fully saturated rings. The van der Waals surface area contributed by atoms with Gasteiger partial charge in [0.05, 0.1) is 6.61 Å². The van der Waals surface area contributed by atoms with Crippen LogP contribution in [0.2, 0.25) is 0 Å². The van der Waals surface area contributed by atoms with Crippen molar-refractivity contribution in [1.82, 2.24) is 4.98 Å². The lowest BCUT2D eigenvalue weighted by Crippen LogP contribution is -2.20. The molecular formula is C28H22FNO6. The Morgan fingerprint density at radius 2 is 1.75 bits per heavy atom. The van der Waals surface area contributed by atoms with Crippen LogP contribution in [0.1, 0.15) is 23.0 Å². The average molecular weight is 487 g/mol. The van der Waals surface area contributed by atoms with Crippen molar-refractivity contribution in [2.24, 2.45) is 0 Å². The highest BCUT2D eigenvalue weighted by Gasteiger charge is 2.25. The zero-order valence-electron chi connectivity index (χ0n) is 19.1. The summed E-state index contributed by atoms with van der Waals surface area (Å²) < 4.78 is 42.3. The first-order chi connectivity index (χ1) is 17.6. The van der Waals surface area contributed by atoms with Crippen LogP contribution >= 0.6 is 0 Å². The highest BCUT2D eigenvalue weighted by atomic mass is 19.1. The number of hydrogen-bond acceptors (Lipinski definition) is 7. The predicted octanol–water partition coefficient (Wildman–Crippen LogP) is 5.74. The number of hydrogen-bond donors (Lipinski definition) is 0. The first-order valence-electron chi connectivity index (χ1n) is 11.3. The van der Waals surface area contributed by atoms with Gasteiger partial charge in [0, 0.05) is 29.0 Å². The minimum absolute atomic E-state index is 0.166. The van der Waals surface area contributed by atoms with Crippen LogP contribution in [0, 0.1) is 5.82 Å². The number of aromatic nitrogens is 1. The Morgan fingerprint density at radius 1 is 0.972 bits per heavy atom. The summed E-state index contributed by atoms with van der Waals surface area (Å²) >= 11 is 0. The van der Waals surface area contributed by atoms with E-state index in [2.05, 4.69) is 4.98 Å². The molecule has 0 aliphatic carbocycles. The number of carbonyl (C=O) groups excluding carboxylic acids is 1. The first kappa shape index (κ1) is 23.3. The van der Waals surface area contributed by atoms with Crippen LogP contribution in [0.15, 0.2) is 91.1 Å². The van der Waals surface area contributed by atoms with Crippen LogP contribution in [0.4, 0.5) is 4.39 Å². The van der Waals surface area contributed by atoms with E-state index in [0.29, 0.717) is 34.3 Å². The molecule has 0 amide bonds. The Balaban J connectivity index is 1.16. The molecule has 1 aromatic heterocycles. The van der Waals surface area contributed by atoms with Crippen LogP contribution in [-0.2, 0) is 27.5 Å². The van der Waals surface area contributed by atoms with E-state index in [0.717, 1.165) is 5.56 Å². The molecule has 0 saturated heterocycles. The third-order valence-electron chi connectivity index (χ3n) is 5.32. The van der Waals surface area contributed by atoms with Crippen LogP contribution < -0.4 is 14.2 Å². The van der Waals surface area contributed by atoms with Crippen LogP contribution in [0.3, 0.4) is 0 Å². The van der Waals surface area contributed by atoms with Crippen molar-refractivity contribution in [2.45, 2.75) is 19.5 Å². The normalized spacial score (nSPS) is 14.3. The van der Waals surface area contributed by atoms with Gasteiger partial charge < -0.3 is 23.7 Å². The first-order valence-corrected chi connectivity index (χ1v) is 11.3. The van der Waals surface area contributed by atoms with Crippen LogP contribution in [0.25, 0.3) is 0 Å². The number of benzene rings is 3. The van der Waals surface area contributed by atoms with Gasteiger partial charge in [0.15, 0.2) is 6.61 Å². The second-order valence-corrected chi connectivity index (χ2v) is 7.92. The fourth-order valence-corrected chi connectivity index (χ4v) is 3.63. The molecule has 8 heteroatoms. The molecule has 5 rings (SSSR count). The number of pyridine rings is 1. The Labute approximate surface area is 207 Å². The fourth-order valence-electron chi connectivity index (χ4n) is 3.63. The van der Waals surface area contributed by atoms with Crippen molar-refractivity contribution in [1.29, 1.82) is 0 Å². The van der Waals surface area contributed by atoms with Gasteiger partial charge in [-0.2, -0.15) is 0 Å². The summed E-state index contributed by atoms with van der Waals surface area (Å²) in [5, 5.41) is 0. The molecule has 1 aliphatic rings. The maximum atomic E-state index is 14.1. The molecule has 0 saturated carbocycles. The van der Waals surface area contributed by atoms with E-state index in [9.17, 15) is 9.18 Å². The second kappa shape index (κ2) is 10.9. The third-order valence-corrected chi connectivity index (χ3v) is 5.32. The van der Waals surface area contributed by atoms with E-state index < -0.39 is 18.1 Å². The molecule has 2 heterocycles. The van der Waals surface area contributed by atoms with Gasteiger partial charge in [0.25, 0.3) is 0 Å². The number of halogens is 1. The van der Waals surface area contributed by atoms with E-state index in [1.54, 1.807) is 42.6 Å². The minimum atomic E-state index is -0.633. The van der Waals surface area contributed by atoms with Gasteiger partial charge in [-0.15, -0.1) is 0 Å². The Morgan fingerprint density at radius 3 is 2.53 bits per heavy atom. The second-order valence-electron chi connectivity index (χ2n) is 7.92. The lowest BCUT2D eigenvalue weighted by molar-refractivity contribution is -0.147. The van der Waals surface area contributed by atoms with Gasteiger partial charge in [-0.05, 0) is 42.5 Å². The molecule has 0 bridgehead atoms. The molecular weight excluding hydrogens is 465 g/mol. The lowest BCUT2D eigenvalue weighted by Gasteiger charge is -2.28. The van der Waals surface area contributed by atoms with Crippen LogP contribution in [0.5, 0.6) is 23.1 Å². The topological polar surface area (TPSA) is 76.1 Å². The van der Waals surface area contributed by atoms with Crippen molar-refractivity contribution in [3.05, 3.63) is 114 Å². The van der Waals surface area contributed by atoms with E-state index in [-0.39, 0.29) is 19.8 Å². The molecule has 36 heavy (non-hydrogen) atoms. The molecule has 0 N–H and O–H groups in total. The Hall–Kier alpha value is -4.43. The van der Waals surface area contributed by atoms with Gasteiger partial charge in [0.2, 0.25) is 12.2 Å². The predicted molar refractivity (Wildman–Crippen MR) is 127 cm³/mol. The summed E-state index contributed by atoms with van der Waals surface area (Å²) in [5.74, 6) is 0.906. The van der Waals surface area contributed by atoms with Crippen molar-refractivity contribution in [2.75, 3.05) is 6.61 Å². The van der Waals surface area contributed by atoms with E-state index in [4.69, 9.17) is 23.7 Å². The number of nitrogens with zero attached hydrogens (tertiary/aromatic N) is 1. The van der Waals surface area contributed by atoms with Crippen molar-refractivity contribution in [3.8, 4) is 23.1 Å². The Kier molecular flexibility index (Phi) is 7.05. The number of fused-ring (bicyclic) bond motifs is 1. The standard InChI is InChI=1S/C28H22FNO6/c29-22-14-20(27-21(15-22)17-34-28(36-27)19-6-2-1-3-7-19)16-33-26(31)18-32-23-9-11-24(12-10-23)35-25-8-4-5-13-30-25/h1-15,28H,16-18H2. The smallest absolute Gasteiger partial charge is 0.344 e. The Bertz CT molecular complexity index is 1320. The van der Waals surface area contributed by atoms with Crippen LogP contribution in [-0.4, -0.2) is 17.6 Å². The quantitative estimate of drug-likeness (QED) is 0.293. The summed E-state index contributed by atoms with van der Waals surface area (Å²) in [6, 6.07) is 24.2. The zero-order valence-corrected chi connectivity index (χ0v) is 19.1. The van der Waals surface area contributed by atoms with Crippen molar-refractivity contribution in [3.63, 3.8) is 0 Å². The molecule has 7 nitrogen and oxygen atoms in total. The molecule has 182 valence electrons. The zero-order chi connectivity index (χ0) is 24.7. The third kappa shape index (κ3) is 5.79. The number of ether oxygens (including phenoxy) is 5. The van der Waals surface area contributed by atoms with Gasteiger partial charge in [-0.1, -0.05) is 36.4 Å². The van der Waals surface area contributed by atoms with E-state index >= 15 is 0 Å². The maximum absolute atomic E-state index is 14.1. The summed E-state index contributed by atoms with van der Waals surface area (Å²) in [6.07, 6.45) is 1.01. The van der Waals surface area contributed by atoms with Gasteiger partial charge in [-0.3, -0.25) is 0 Å². The van der Waals surface area contributed by atoms with Gasteiger partial charge in [-0.25, -0.2) is 14.2 Å². The fraction of sp³-hybridized carbons (Fsp3) is 0.143. The molecule has 0 radical (unpaired) electrons. The molecule has 0 spiro atoms. The summed E-state index contributed by atoms with van der Waals surface area (Å²) in [7, 11) is 0. The van der Waals surface area contributed by atoms with Gasteiger partial charge in [0.1, 0.15) is 29.7 Å². The highest BCUT2D eigenvalue weighted by molar-refractivity contribution is 5.71. The summed E-state index contributed by atoms with van der Waals surface area (Å²) in [6.45, 7) is -0.300. The highest BCUT2D eigenvalue weighted by Crippen LogP contribution is 2.36. The maximum Gasteiger partial charge on any atom is 0.344 e. The number of esters is 1. The lowest BCUT2D eigenvalue weighted by atomic mass is 10.1. The summed E-state index contributed by atoms with van der Waals surface area (Å²) in [4.78, 5) is 16.4. The van der Waals surface area contributed by atoms with Crippen molar-refractivity contribution >= 4 is 5.97 Å². The largest absolute Gasteiger partial charge is 0.482 e. The average Bonchev–Trinajstić information content (AvgIpc) is 2.92. The monoisotopic (exact) mass is 487 g/mol. The number of rotatable bonds is 8. The SMILES string of the molecule is O=C(COc1ccc(Oc2ccccn2)cc1)OCc1cc(F)cc2c1OC(c1ccccc1)OC2. The van der Waals surface area contributed by atoms with E-state index in [1.807, 2.05) is 36.4 Å². The summed E-state index contributed by atoms with van der Waals surface area (Å²) in [5.41, 5.74) is 1.80. The van der Waals surface area contributed by atoms with Gasteiger partial charge >= 0.3 is 5.97 Å². The molecule has 4 aromatic rings. The molecule has 3 aromatic carbocycles. The van der Waals surface area contributed by atoms with Crippen molar-refractivity contribution < 1.29 is 32.9 Å². The molecule has 1 unspecified atom stereocenters. The number of carbonyl (C=O) groups is 1. The minimum Gasteiger partial charge on any atom is -0.482 e. The molecule has 1 atom stereocenters. The van der Waals surface area contributed by atoms with E-state index in [1.165, 1.54) is 12.1 Å². The molecule has 1 aliphatic heterocycles.